The lowest BCUT2D eigenvalue weighted by Gasteiger charge is -2.31. The highest BCUT2D eigenvalue weighted by Gasteiger charge is 2.30. The van der Waals surface area contributed by atoms with Gasteiger partial charge < -0.3 is 5.32 Å². The zero-order valence-electron chi connectivity index (χ0n) is 13.9. The molecule has 1 fully saturated rings. The van der Waals surface area contributed by atoms with Gasteiger partial charge in [-0.2, -0.15) is 4.31 Å². The van der Waals surface area contributed by atoms with Gasteiger partial charge >= 0.3 is 0 Å². The van der Waals surface area contributed by atoms with E-state index in [9.17, 15) is 17.6 Å². The summed E-state index contributed by atoms with van der Waals surface area (Å²) in [6.45, 7) is 0.638. The zero-order chi connectivity index (χ0) is 18.7. The van der Waals surface area contributed by atoms with Crippen LogP contribution in [0, 0.1) is 5.82 Å². The summed E-state index contributed by atoms with van der Waals surface area (Å²) in [4.78, 5) is 12.4. The van der Waals surface area contributed by atoms with Crippen molar-refractivity contribution in [1.29, 1.82) is 0 Å². The molecule has 8 heteroatoms. The summed E-state index contributed by atoms with van der Waals surface area (Å²) in [5, 5.41) is 3.35. The third kappa shape index (κ3) is 4.23. The molecule has 1 saturated heterocycles. The molecule has 0 spiro atoms. The van der Waals surface area contributed by atoms with Crippen LogP contribution in [0.1, 0.15) is 23.2 Å². The van der Waals surface area contributed by atoms with Gasteiger partial charge in [0.15, 0.2) is 0 Å². The topological polar surface area (TPSA) is 66.5 Å². The van der Waals surface area contributed by atoms with Crippen LogP contribution < -0.4 is 5.32 Å². The Morgan fingerprint density at radius 1 is 1.04 bits per heavy atom. The fraction of sp³-hybridized carbons (Fsp3) is 0.278. The van der Waals surface area contributed by atoms with Crippen LogP contribution in [-0.2, 0) is 10.0 Å². The van der Waals surface area contributed by atoms with Crippen LogP contribution in [0.5, 0.6) is 0 Å². The summed E-state index contributed by atoms with van der Waals surface area (Å²) in [7, 11) is -3.57. The predicted molar refractivity (Wildman–Crippen MR) is 97.1 cm³/mol. The van der Waals surface area contributed by atoms with Gasteiger partial charge in [-0.05, 0) is 61.4 Å². The van der Waals surface area contributed by atoms with Crippen molar-refractivity contribution in [3.05, 3.63) is 64.9 Å². The molecule has 1 amide bonds. The smallest absolute Gasteiger partial charge is 0.251 e. The van der Waals surface area contributed by atoms with Crippen LogP contribution in [0.4, 0.5) is 4.39 Å². The second kappa shape index (κ2) is 7.73. The highest BCUT2D eigenvalue weighted by Crippen LogP contribution is 2.22. The van der Waals surface area contributed by atoms with Crippen molar-refractivity contribution >= 4 is 27.5 Å². The van der Waals surface area contributed by atoms with E-state index in [2.05, 4.69) is 5.32 Å². The average Bonchev–Trinajstić information content (AvgIpc) is 2.63. The summed E-state index contributed by atoms with van der Waals surface area (Å²) in [5.41, 5.74) is 0.377. The van der Waals surface area contributed by atoms with E-state index >= 15 is 0 Å². The molecule has 1 aliphatic rings. The van der Waals surface area contributed by atoms with Gasteiger partial charge in [-0.15, -0.1) is 0 Å². The van der Waals surface area contributed by atoms with Gasteiger partial charge in [-0.3, -0.25) is 4.79 Å². The maximum Gasteiger partial charge on any atom is 0.251 e. The first-order valence-corrected chi connectivity index (χ1v) is 10.0. The van der Waals surface area contributed by atoms with E-state index in [-0.39, 0.29) is 16.8 Å². The lowest BCUT2D eigenvalue weighted by molar-refractivity contribution is 0.0924. The number of rotatable bonds is 4. The molecule has 0 aromatic heterocycles. The third-order valence-electron chi connectivity index (χ3n) is 4.35. The Morgan fingerprint density at radius 3 is 2.19 bits per heavy atom. The summed E-state index contributed by atoms with van der Waals surface area (Å²) >= 11 is 5.80. The second-order valence-corrected chi connectivity index (χ2v) is 8.49. The van der Waals surface area contributed by atoms with E-state index in [4.69, 9.17) is 11.6 Å². The van der Waals surface area contributed by atoms with Crippen LogP contribution in [-0.4, -0.2) is 37.8 Å². The van der Waals surface area contributed by atoms with Gasteiger partial charge in [0, 0.05) is 29.7 Å². The molecule has 1 heterocycles. The standard InChI is InChI=1S/C18H18ClFN2O3S/c19-14-3-7-17(8-4-14)26(24,25)22-11-9-16(10-12-22)21-18(23)13-1-5-15(20)6-2-13/h1-8,16H,9-12H2,(H,21,23). The van der Waals surface area contributed by atoms with E-state index in [0.29, 0.717) is 36.5 Å². The molecule has 0 radical (unpaired) electrons. The molecule has 0 bridgehead atoms. The molecule has 26 heavy (non-hydrogen) atoms. The number of benzene rings is 2. The molecule has 5 nitrogen and oxygen atoms in total. The van der Waals surface area contributed by atoms with Gasteiger partial charge in [0.2, 0.25) is 10.0 Å². The minimum absolute atomic E-state index is 0.121. The van der Waals surface area contributed by atoms with Crippen LogP contribution in [0.3, 0.4) is 0 Å². The van der Waals surface area contributed by atoms with Crippen molar-refractivity contribution in [2.24, 2.45) is 0 Å². The Morgan fingerprint density at radius 2 is 1.62 bits per heavy atom. The largest absolute Gasteiger partial charge is 0.349 e. The molecule has 0 saturated carbocycles. The Bertz CT molecular complexity index is 878. The highest BCUT2D eigenvalue weighted by atomic mass is 35.5. The first kappa shape index (κ1) is 18.8. The van der Waals surface area contributed by atoms with Gasteiger partial charge in [0.1, 0.15) is 5.82 Å². The number of piperidine rings is 1. The van der Waals surface area contributed by atoms with Crippen LogP contribution in [0.25, 0.3) is 0 Å². The molecule has 3 rings (SSSR count). The molecular formula is C18H18ClFN2O3S. The zero-order valence-corrected chi connectivity index (χ0v) is 15.4. The first-order chi connectivity index (χ1) is 12.4. The molecule has 0 atom stereocenters. The Balaban J connectivity index is 1.59. The number of hydrogen-bond donors (Lipinski definition) is 1. The minimum Gasteiger partial charge on any atom is -0.349 e. The Hall–Kier alpha value is -1.96. The number of carbonyl (C=O) groups is 1. The highest BCUT2D eigenvalue weighted by molar-refractivity contribution is 7.89. The van der Waals surface area contributed by atoms with E-state index in [1.165, 1.54) is 40.7 Å². The summed E-state index contributed by atoms with van der Waals surface area (Å²) in [6, 6.07) is 11.3. The molecule has 1 N–H and O–H groups in total. The number of halogens is 2. The van der Waals surface area contributed by atoms with Crippen molar-refractivity contribution in [3.63, 3.8) is 0 Å². The van der Waals surface area contributed by atoms with Gasteiger partial charge in [0.05, 0.1) is 4.90 Å². The average molecular weight is 397 g/mol. The lowest BCUT2D eigenvalue weighted by Crippen LogP contribution is -2.46. The van der Waals surface area contributed by atoms with Crippen molar-refractivity contribution in [3.8, 4) is 0 Å². The number of carbonyl (C=O) groups excluding carboxylic acids is 1. The fourth-order valence-corrected chi connectivity index (χ4v) is 4.46. The van der Waals surface area contributed by atoms with E-state index in [0.717, 1.165) is 0 Å². The summed E-state index contributed by atoms with van der Waals surface area (Å²) in [5.74, 6) is -0.689. The third-order valence-corrected chi connectivity index (χ3v) is 6.51. The number of sulfonamides is 1. The maximum absolute atomic E-state index is 12.9. The Kier molecular flexibility index (Phi) is 5.60. The quantitative estimate of drug-likeness (QED) is 0.863. The second-order valence-electron chi connectivity index (χ2n) is 6.11. The van der Waals surface area contributed by atoms with E-state index in [1.54, 1.807) is 12.1 Å². The predicted octanol–water partition coefficient (Wildman–Crippen LogP) is 3.06. The summed E-state index contributed by atoms with van der Waals surface area (Å²) < 4.78 is 39.6. The van der Waals surface area contributed by atoms with Crippen molar-refractivity contribution in [2.75, 3.05) is 13.1 Å². The van der Waals surface area contributed by atoms with E-state index in [1.807, 2.05) is 0 Å². The first-order valence-electron chi connectivity index (χ1n) is 8.18. The number of hydrogen-bond acceptors (Lipinski definition) is 3. The van der Waals surface area contributed by atoms with Gasteiger partial charge in [0.25, 0.3) is 5.91 Å². The molecule has 2 aromatic rings. The molecule has 1 aliphatic heterocycles. The van der Waals surface area contributed by atoms with Crippen molar-refractivity contribution in [1.82, 2.24) is 9.62 Å². The van der Waals surface area contributed by atoms with Gasteiger partial charge in [-0.1, -0.05) is 11.6 Å². The van der Waals surface area contributed by atoms with E-state index < -0.39 is 15.8 Å². The molecule has 138 valence electrons. The normalized spacial score (nSPS) is 16.4. The van der Waals surface area contributed by atoms with Crippen LogP contribution in [0.2, 0.25) is 5.02 Å². The number of amides is 1. The Labute approximate surface area is 156 Å². The molecule has 2 aromatic carbocycles. The fourth-order valence-electron chi connectivity index (χ4n) is 2.87. The minimum atomic E-state index is -3.57. The molecule has 0 aliphatic carbocycles. The number of nitrogens with one attached hydrogen (secondary N) is 1. The van der Waals surface area contributed by atoms with Crippen molar-refractivity contribution < 1.29 is 17.6 Å². The SMILES string of the molecule is O=C(NC1CCN(S(=O)(=O)c2ccc(Cl)cc2)CC1)c1ccc(F)cc1. The molecular weight excluding hydrogens is 379 g/mol. The van der Waals surface area contributed by atoms with Crippen molar-refractivity contribution in [2.45, 2.75) is 23.8 Å². The summed E-state index contributed by atoms with van der Waals surface area (Å²) in [6.07, 6.45) is 1.03. The van der Waals surface area contributed by atoms with Gasteiger partial charge in [-0.25, -0.2) is 12.8 Å². The molecule has 0 unspecified atom stereocenters. The van der Waals surface area contributed by atoms with Crippen LogP contribution >= 0.6 is 11.6 Å². The van der Waals surface area contributed by atoms with Crippen LogP contribution in [0.15, 0.2) is 53.4 Å². The monoisotopic (exact) mass is 396 g/mol. The lowest BCUT2D eigenvalue weighted by atomic mass is 10.1. The maximum atomic E-state index is 12.9. The number of nitrogens with zero attached hydrogens (tertiary/aromatic N) is 1.